The second-order valence-electron chi connectivity index (χ2n) is 8.29. The van der Waals surface area contributed by atoms with Gasteiger partial charge in [0.2, 0.25) is 0 Å². The molecule has 0 heterocycles. The molecule has 0 saturated heterocycles. The van der Waals surface area contributed by atoms with Crippen molar-refractivity contribution in [2.75, 3.05) is 0 Å². The summed E-state index contributed by atoms with van der Waals surface area (Å²) in [6.45, 7) is 15.7. The lowest BCUT2D eigenvalue weighted by Crippen LogP contribution is -2.36. The van der Waals surface area contributed by atoms with E-state index in [1.807, 2.05) is 0 Å². The molecule has 2 heteroatoms. The van der Waals surface area contributed by atoms with E-state index in [0.29, 0.717) is 17.1 Å². The van der Waals surface area contributed by atoms with E-state index in [9.17, 15) is 4.79 Å². The third-order valence-electron chi connectivity index (χ3n) is 4.13. The van der Waals surface area contributed by atoms with Crippen molar-refractivity contribution in [3.05, 3.63) is 0 Å². The van der Waals surface area contributed by atoms with Gasteiger partial charge in [-0.15, -0.1) is 11.5 Å². The van der Waals surface area contributed by atoms with Gasteiger partial charge in [-0.3, -0.25) is 4.79 Å². The van der Waals surface area contributed by atoms with Gasteiger partial charge in [-0.25, -0.2) is 0 Å². The van der Waals surface area contributed by atoms with Crippen molar-refractivity contribution in [2.45, 2.75) is 66.6 Å². The number of carbonyl (C=O) groups excluding carboxylic acids is 1. The van der Waals surface area contributed by atoms with Gasteiger partial charge >= 0.3 is 0 Å². The van der Waals surface area contributed by atoms with E-state index >= 15 is 0 Å². The van der Waals surface area contributed by atoms with Crippen molar-refractivity contribution in [1.82, 2.24) is 0 Å². The van der Waals surface area contributed by atoms with Crippen LogP contribution in [0.15, 0.2) is 0 Å². The van der Waals surface area contributed by atoms with Gasteiger partial charge in [-0.1, -0.05) is 47.3 Å². The highest BCUT2D eigenvalue weighted by atomic mass is 28.3. The highest BCUT2D eigenvalue weighted by molar-refractivity contribution is 6.83. The molecule has 0 amide bonds. The Kier molecular flexibility index (Phi) is 5.06. The third-order valence-corrected chi connectivity index (χ3v) is 5.06. The number of Topliss-reactive ketones (excluding diaryl/α,β-unsaturated/α-hetero) is 1. The molecule has 0 aliphatic heterocycles. The van der Waals surface area contributed by atoms with Gasteiger partial charge in [0, 0.05) is 18.3 Å². The number of ketones is 1. The quantitative estimate of drug-likeness (QED) is 0.508. The van der Waals surface area contributed by atoms with Crippen LogP contribution in [0.25, 0.3) is 0 Å². The van der Waals surface area contributed by atoms with E-state index in [4.69, 9.17) is 0 Å². The minimum absolute atomic E-state index is 0.178. The van der Waals surface area contributed by atoms with Crippen molar-refractivity contribution < 1.29 is 4.79 Å². The van der Waals surface area contributed by atoms with Crippen LogP contribution in [0, 0.1) is 34.6 Å². The first-order valence-corrected chi connectivity index (χ1v) is 11.0. The number of rotatable bonds is 1. The fourth-order valence-corrected chi connectivity index (χ4v) is 3.46. The Balaban J connectivity index is 2.75. The predicted octanol–water partition coefficient (Wildman–Crippen LogP) is 4.53. The molecule has 1 rings (SSSR count). The highest BCUT2D eigenvalue weighted by Crippen LogP contribution is 2.41. The van der Waals surface area contributed by atoms with Crippen LogP contribution in [0.1, 0.15) is 47.0 Å². The van der Waals surface area contributed by atoms with E-state index in [1.54, 1.807) is 0 Å². The van der Waals surface area contributed by atoms with Gasteiger partial charge in [0.05, 0.1) is 0 Å². The van der Waals surface area contributed by atoms with E-state index in [2.05, 4.69) is 58.8 Å². The molecule has 3 unspecified atom stereocenters. The number of carbonyl (C=O) groups is 1. The van der Waals surface area contributed by atoms with Crippen LogP contribution in [0.5, 0.6) is 0 Å². The van der Waals surface area contributed by atoms with Crippen LogP contribution in [-0.2, 0) is 4.79 Å². The molecular formula is C17H30OSi. The maximum Gasteiger partial charge on any atom is 0.139 e. The third kappa shape index (κ3) is 5.14. The SMILES string of the molecule is CC1CC(C(C)(C)C)CC(CC#C[Si](C)(C)C)C1=O. The normalized spacial score (nSPS) is 28.8. The standard InChI is InChI=1S/C17H30OSi/c1-13-11-15(17(2,3)4)12-14(16(13)18)9-8-10-19(5,6)7/h13-15H,9,11-12H2,1-7H3. The zero-order valence-corrected chi connectivity index (χ0v) is 14.8. The smallest absolute Gasteiger partial charge is 0.139 e. The molecule has 0 N–H and O–H groups in total. The van der Waals surface area contributed by atoms with Crippen molar-refractivity contribution in [1.29, 1.82) is 0 Å². The Morgan fingerprint density at radius 3 is 2.26 bits per heavy atom. The molecule has 1 aliphatic rings. The maximum absolute atomic E-state index is 12.3. The molecule has 0 bridgehead atoms. The Labute approximate surface area is 120 Å². The first-order chi connectivity index (χ1) is 8.50. The Morgan fingerprint density at radius 2 is 1.79 bits per heavy atom. The minimum Gasteiger partial charge on any atom is -0.299 e. The lowest BCUT2D eigenvalue weighted by atomic mass is 9.65. The van der Waals surface area contributed by atoms with Crippen LogP contribution in [0.4, 0.5) is 0 Å². The topological polar surface area (TPSA) is 17.1 Å². The molecule has 1 fully saturated rings. The molecule has 0 spiro atoms. The summed E-state index contributed by atoms with van der Waals surface area (Å²) in [5.74, 6) is 4.81. The average Bonchev–Trinajstić information content (AvgIpc) is 2.20. The van der Waals surface area contributed by atoms with Gasteiger partial charge in [0.15, 0.2) is 0 Å². The van der Waals surface area contributed by atoms with E-state index in [0.717, 1.165) is 19.3 Å². The lowest BCUT2D eigenvalue weighted by Gasteiger charge is -2.39. The summed E-state index contributed by atoms with van der Waals surface area (Å²) in [6, 6.07) is 0. The zero-order valence-electron chi connectivity index (χ0n) is 13.8. The van der Waals surface area contributed by atoms with Crippen LogP contribution >= 0.6 is 0 Å². The summed E-state index contributed by atoms with van der Waals surface area (Å²) in [6.07, 6.45) is 2.87. The Bertz CT molecular complexity index is 386. The monoisotopic (exact) mass is 278 g/mol. The Hall–Kier alpha value is -0.553. The summed E-state index contributed by atoms with van der Waals surface area (Å²) in [5, 5.41) is 0. The van der Waals surface area contributed by atoms with Crippen LogP contribution in [-0.4, -0.2) is 13.9 Å². The summed E-state index contributed by atoms with van der Waals surface area (Å²) in [7, 11) is -1.31. The highest BCUT2D eigenvalue weighted by Gasteiger charge is 2.38. The first kappa shape index (κ1) is 16.5. The average molecular weight is 279 g/mol. The van der Waals surface area contributed by atoms with Crippen molar-refractivity contribution in [3.8, 4) is 11.5 Å². The van der Waals surface area contributed by atoms with Crippen LogP contribution in [0.3, 0.4) is 0 Å². The summed E-state index contributed by atoms with van der Waals surface area (Å²) in [5.41, 5.74) is 3.70. The predicted molar refractivity (Wildman–Crippen MR) is 85.6 cm³/mol. The van der Waals surface area contributed by atoms with E-state index < -0.39 is 8.07 Å². The number of hydrogen-bond acceptors (Lipinski definition) is 1. The first-order valence-electron chi connectivity index (χ1n) is 7.54. The lowest BCUT2D eigenvalue weighted by molar-refractivity contribution is -0.130. The van der Waals surface area contributed by atoms with E-state index in [1.165, 1.54) is 0 Å². The zero-order chi connectivity index (χ0) is 14.8. The van der Waals surface area contributed by atoms with E-state index in [-0.39, 0.29) is 11.8 Å². The second-order valence-corrected chi connectivity index (χ2v) is 13.0. The largest absolute Gasteiger partial charge is 0.299 e. The summed E-state index contributed by atoms with van der Waals surface area (Å²) < 4.78 is 0. The second kappa shape index (κ2) is 5.83. The Morgan fingerprint density at radius 1 is 1.21 bits per heavy atom. The molecule has 0 aromatic carbocycles. The number of hydrogen-bond donors (Lipinski definition) is 0. The van der Waals surface area contributed by atoms with Crippen LogP contribution in [0.2, 0.25) is 19.6 Å². The summed E-state index contributed by atoms with van der Waals surface area (Å²) >= 11 is 0. The molecule has 19 heavy (non-hydrogen) atoms. The molecule has 1 saturated carbocycles. The van der Waals surface area contributed by atoms with Crippen LogP contribution < -0.4 is 0 Å². The van der Waals surface area contributed by atoms with Gasteiger partial charge in [-0.05, 0) is 24.2 Å². The van der Waals surface area contributed by atoms with Crippen molar-refractivity contribution in [3.63, 3.8) is 0 Å². The fraction of sp³-hybridized carbons (Fsp3) is 0.824. The van der Waals surface area contributed by atoms with Crippen molar-refractivity contribution in [2.24, 2.45) is 23.2 Å². The molecular weight excluding hydrogens is 248 g/mol. The molecule has 3 atom stereocenters. The van der Waals surface area contributed by atoms with Gasteiger partial charge in [0.25, 0.3) is 0 Å². The fourth-order valence-electron chi connectivity index (χ4n) is 2.83. The summed E-state index contributed by atoms with van der Waals surface area (Å²) in [4.78, 5) is 12.3. The molecule has 1 nitrogen and oxygen atoms in total. The molecule has 108 valence electrons. The minimum atomic E-state index is -1.31. The molecule has 0 aromatic heterocycles. The maximum atomic E-state index is 12.3. The molecule has 1 aliphatic carbocycles. The van der Waals surface area contributed by atoms with Gasteiger partial charge < -0.3 is 0 Å². The molecule has 0 radical (unpaired) electrons. The van der Waals surface area contributed by atoms with Crippen molar-refractivity contribution >= 4 is 13.9 Å². The van der Waals surface area contributed by atoms with Gasteiger partial charge in [-0.2, -0.15) is 0 Å². The van der Waals surface area contributed by atoms with Gasteiger partial charge in [0.1, 0.15) is 13.9 Å². The molecule has 0 aromatic rings.